The predicted octanol–water partition coefficient (Wildman–Crippen LogP) is 4.01. The van der Waals surface area contributed by atoms with E-state index >= 15 is 0 Å². The minimum Gasteiger partial charge on any atom is -0.465 e. The summed E-state index contributed by atoms with van der Waals surface area (Å²) in [5.74, 6) is -1.50. The Morgan fingerprint density at radius 1 is 0.781 bits per heavy atom. The molecule has 0 aliphatic heterocycles. The lowest BCUT2D eigenvalue weighted by atomic mass is 10.1. The Balaban J connectivity index is 1.87. The van der Waals surface area contributed by atoms with E-state index in [9.17, 15) is 14.4 Å². The van der Waals surface area contributed by atoms with Gasteiger partial charge in [0.25, 0.3) is 0 Å². The second kappa shape index (κ2) is 11.0. The number of methoxy groups -OCH3 is 1. The summed E-state index contributed by atoms with van der Waals surface area (Å²) in [6.45, 7) is 0. The van der Waals surface area contributed by atoms with Crippen LogP contribution in [0.3, 0.4) is 0 Å². The minimum absolute atomic E-state index is 0.00182. The lowest BCUT2D eigenvalue weighted by Gasteiger charge is -2.23. The largest absolute Gasteiger partial charge is 0.465 e. The van der Waals surface area contributed by atoms with Gasteiger partial charge >= 0.3 is 5.97 Å². The Morgan fingerprint density at radius 2 is 1.25 bits per heavy atom. The number of imide groups is 1. The summed E-state index contributed by atoms with van der Waals surface area (Å²) in [4.78, 5) is 39.3. The monoisotopic (exact) mass is 446 g/mol. The highest BCUT2D eigenvalue weighted by atomic mass is 32.1. The van der Waals surface area contributed by atoms with Gasteiger partial charge in [0.05, 0.1) is 31.2 Å². The smallest absolute Gasteiger partial charge is 0.339 e. The van der Waals surface area contributed by atoms with Crippen molar-refractivity contribution in [2.24, 2.45) is 0 Å². The standard InChI is InChI=1S/C25H22N2O4S/c1-31-24(30)20-14-8-9-15-21(20)26-25(32)27(22(28)16-18-10-4-2-5-11-18)23(29)17-19-12-6-3-7-13-19/h2-15H,16-17H2,1H3,(H,26,32). The highest BCUT2D eigenvalue weighted by Gasteiger charge is 2.27. The van der Waals surface area contributed by atoms with E-state index in [1.807, 2.05) is 36.4 Å². The Hall–Kier alpha value is -3.84. The normalized spacial score (nSPS) is 10.2. The maximum atomic E-state index is 13.1. The number of amides is 2. The van der Waals surface area contributed by atoms with Crippen LogP contribution >= 0.6 is 12.2 Å². The van der Waals surface area contributed by atoms with Crippen LogP contribution in [0, 0.1) is 0 Å². The van der Waals surface area contributed by atoms with Crippen LogP contribution in [0.2, 0.25) is 0 Å². The summed E-state index contributed by atoms with van der Waals surface area (Å²) >= 11 is 5.45. The average Bonchev–Trinajstić information content (AvgIpc) is 2.80. The number of carbonyl (C=O) groups is 3. The first-order valence-corrected chi connectivity index (χ1v) is 10.3. The van der Waals surface area contributed by atoms with Crippen LogP contribution < -0.4 is 5.32 Å². The summed E-state index contributed by atoms with van der Waals surface area (Å²) in [5, 5.41) is 2.77. The van der Waals surface area contributed by atoms with Crippen molar-refractivity contribution in [3.8, 4) is 0 Å². The fourth-order valence-electron chi connectivity index (χ4n) is 3.12. The molecule has 0 aliphatic rings. The van der Waals surface area contributed by atoms with E-state index in [4.69, 9.17) is 17.0 Å². The first-order chi connectivity index (χ1) is 15.5. The van der Waals surface area contributed by atoms with Crippen molar-refractivity contribution in [2.75, 3.05) is 12.4 Å². The third-order valence-electron chi connectivity index (χ3n) is 4.67. The quantitative estimate of drug-likeness (QED) is 0.456. The molecule has 0 saturated heterocycles. The van der Waals surface area contributed by atoms with Crippen molar-refractivity contribution < 1.29 is 19.1 Å². The van der Waals surface area contributed by atoms with Crippen molar-refractivity contribution in [3.05, 3.63) is 102 Å². The van der Waals surface area contributed by atoms with E-state index in [0.717, 1.165) is 16.0 Å². The summed E-state index contributed by atoms with van der Waals surface area (Å²) in [7, 11) is 1.27. The minimum atomic E-state index is -0.561. The second-order valence-corrected chi connectivity index (χ2v) is 7.30. The molecule has 3 aromatic rings. The number of thiocarbonyl (C=S) groups is 1. The van der Waals surface area contributed by atoms with Gasteiger partial charge in [0.1, 0.15) is 0 Å². The van der Waals surface area contributed by atoms with Crippen molar-refractivity contribution >= 4 is 40.8 Å². The van der Waals surface area contributed by atoms with Crippen LogP contribution in [0.1, 0.15) is 21.5 Å². The molecule has 0 atom stereocenters. The zero-order valence-corrected chi connectivity index (χ0v) is 18.3. The topological polar surface area (TPSA) is 75.7 Å². The molecule has 0 unspecified atom stereocenters. The molecule has 0 saturated carbocycles. The third kappa shape index (κ3) is 5.86. The first-order valence-electron chi connectivity index (χ1n) is 9.91. The zero-order valence-electron chi connectivity index (χ0n) is 17.5. The molecule has 0 fully saturated rings. The molecule has 7 heteroatoms. The van der Waals surface area contributed by atoms with Crippen LogP contribution in [0.4, 0.5) is 5.69 Å². The molecular weight excluding hydrogens is 424 g/mol. The molecule has 0 radical (unpaired) electrons. The van der Waals surface area contributed by atoms with Crippen LogP contribution in [0.25, 0.3) is 0 Å². The molecule has 0 spiro atoms. The number of hydrogen-bond acceptors (Lipinski definition) is 5. The van der Waals surface area contributed by atoms with E-state index in [1.165, 1.54) is 7.11 Å². The van der Waals surface area contributed by atoms with E-state index in [1.54, 1.807) is 48.5 Å². The van der Waals surface area contributed by atoms with E-state index in [2.05, 4.69) is 5.32 Å². The van der Waals surface area contributed by atoms with E-state index in [-0.39, 0.29) is 23.5 Å². The molecule has 0 bridgehead atoms. The van der Waals surface area contributed by atoms with E-state index < -0.39 is 17.8 Å². The van der Waals surface area contributed by atoms with Gasteiger partial charge in [-0.25, -0.2) is 9.69 Å². The molecule has 3 aromatic carbocycles. The van der Waals surface area contributed by atoms with Gasteiger partial charge < -0.3 is 10.1 Å². The van der Waals surface area contributed by atoms with Crippen LogP contribution in [-0.4, -0.2) is 34.9 Å². The van der Waals surface area contributed by atoms with Gasteiger partial charge in [-0.1, -0.05) is 72.8 Å². The van der Waals surface area contributed by atoms with Crippen LogP contribution in [0.5, 0.6) is 0 Å². The van der Waals surface area contributed by atoms with Crippen molar-refractivity contribution in [1.82, 2.24) is 4.90 Å². The molecule has 162 valence electrons. The van der Waals surface area contributed by atoms with Crippen molar-refractivity contribution in [3.63, 3.8) is 0 Å². The molecule has 1 N–H and O–H groups in total. The molecule has 32 heavy (non-hydrogen) atoms. The lowest BCUT2D eigenvalue weighted by Crippen LogP contribution is -2.45. The number of carbonyl (C=O) groups excluding carboxylic acids is 3. The van der Waals surface area contributed by atoms with Crippen LogP contribution in [-0.2, 0) is 27.2 Å². The van der Waals surface area contributed by atoms with Gasteiger partial charge in [-0.15, -0.1) is 0 Å². The number of rotatable bonds is 6. The third-order valence-corrected chi connectivity index (χ3v) is 4.96. The number of esters is 1. The maximum Gasteiger partial charge on any atom is 0.339 e. The fraction of sp³-hybridized carbons (Fsp3) is 0.120. The molecular formula is C25H22N2O4S. The SMILES string of the molecule is COC(=O)c1ccccc1NC(=S)N(C(=O)Cc1ccccc1)C(=O)Cc1ccccc1. The zero-order chi connectivity index (χ0) is 22.9. The lowest BCUT2D eigenvalue weighted by molar-refractivity contribution is -0.138. The Bertz CT molecular complexity index is 1060. The predicted molar refractivity (Wildman–Crippen MR) is 126 cm³/mol. The summed E-state index contributed by atoms with van der Waals surface area (Å²) in [5.41, 5.74) is 2.10. The highest BCUT2D eigenvalue weighted by molar-refractivity contribution is 7.80. The molecule has 6 nitrogen and oxygen atoms in total. The van der Waals surface area contributed by atoms with Crippen molar-refractivity contribution in [1.29, 1.82) is 0 Å². The number of nitrogens with one attached hydrogen (secondary N) is 1. The second-order valence-electron chi connectivity index (χ2n) is 6.91. The summed E-state index contributed by atoms with van der Waals surface area (Å²) in [6.07, 6.45) is 0.00365. The molecule has 3 rings (SSSR count). The molecule has 0 heterocycles. The van der Waals surface area contributed by atoms with Gasteiger partial charge in [-0.3, -0.25) is 9.59 Å². The summed E-state index contributed by atoms with van der Waals surface area (Å²) < 4.78 is 4.80. The number of para-hydroxylation sites is 1. The Labute approximate surface area is 191 Å². The number of benzene rings is 3. The van der Waals surface area contributed by atoms with Gasteiger partial charge in [-0.2, -0.15) is 0 Å². The van der Waals surface area contributed by atoms with Gasteiger partial charge in [-0.05, 0) is 35.5 Å². The molecule has 0 aliphatic carbocycles. The number of ether oxygens (including phenoxy) is 1. The van der Waals surface area contributed by atoms with E-state index in [0.29, 0.717) is 5.69 Å². The Kier molecular flexibility index (Phi) is 7.83. The summed E-state index contributed by atoms with van der Waals surface area (Å²) in [6, 6.07) is 24.8. The fourth-order valence-corrected chi connectivity index (χ4v) is 3.43. The maximum absolute atomic E-state index is 13.1. The highest BCUT2D eigenvalue weighted by Crippen LogP contribution is 2.18. The van der Waals surface area contributed by atoms with Gasteiger partial charge in [0, 0.05) is 0 Å². The van der Waals surface area contributed by atoms with Crippen LogP contribution in [0.15, 0.2) is 84.9 Å². The first kappa shape index (κ1) is 22.8. The van der Waals surface area contributed by atoms with Gasteiger partial charge in [0.15, 0.2) is 5.11 Å². The Morgan fingerprint density at radius 3 is 1.75 bits per heavy atom. The molecule has 0 aromatic heterocycles. The average molecular weight is 447 g/mol. The number of nitrogens with zero attached hydrogens (tertiary/aromatic N) is 1. The molecule has 2 amide bonds. The van der Waals surface area contributed by atoms with Gasteiger partial charge in [0.2, 0.25) is 11.8 Å². The number of hydrogen-bond donors (Lipinski definition) is 1. The number of anilines is 1. The van der Waals surface area contributed by atoms with Crippen molar-refractivity contribution in [2.45, 2.75) is 12.8 Å².